The lowest BCUT2D eigenvalue weighted by Gasteiger charge is -2.29. The Morgan fingerprint density at radius 1 is 1.29 bits per heavy atom. The zero-order chi connectivity index (χ0) is 15.0. The maximum absolute atomic E-state index is 12.3. The molecule has 120 valence electrons. The topological polar surface area (TPSA) is 64.4 Å². The number of hydrogen-bond donors (Lipinski definition) is 2. The summed E-state index contributed by atoms with van der Waals surface area (Å²) in [5.41, 5.74) is 5.32. The number of hydrogen-bond acceptors (Lipinski definition) is 3. The van der Waals surface area contributed by atoms with Crippen molar-refractivity contribution >= 4 is 18.3 Å². The quantitative estimate of drug-likeness (QED) is 0.775. The molecule has 0 aromatic heterocycles. The minimum Gasteiger partial charge on any atom is -0.489 e. The molecular weight excluding hydrogens is 288 g/mol. The highest BCUT2D eigenvalue weighted by molar-refractivity contribution is 5.85. The molecule has 1 aromatic carbocycles. The van der Waals surface area contributed by atoms with E-state index in [4.69, 9.17) is 10.5 Å². The highest BCUT2D eigenvalue weighted by Gasteiger charge is 2.33. The van der Waals surface area contributed by atoms with E-state index in [0.29, 0.717) is 13.1 Å². The Kier molecular flexibility index (Phi) is 9.06. The van der Waals surface area contributed by atoms with Crippen molar-refractivity contribution in [2.45, 2.75) is 39.7 Å². The minimum absolute atomic E-state index is 0. The molecule has 1 unspecified atom stereocenters. The van der Waals surface area contributed by atoms with Gasteiger partial charge in [0.2, 0.25) is 5.91 Å². The van der Waals surface area contributed by atoms with Gasteiger partial charge in [0.05, 0.1) is 12.0 Å². The summed E-state index contributed by atoms with van der Waals surface area (Å²) in [4.78, 5) is 12.3. The van der Waals surface area contributed by atoms with E-state index in [9.17, 15) is 4.79 Å². The number of ether oxygens (including phenoxy) is 1. The Labute approximate surface area is 133 Å². The molecule has 0 radical (unpaired) electrons. The average molecular weight is 315 g/mol. The number of rotatable bonds is 8. The fourth-order valence-corrected chi connectivity index (χ4v) is 2.15. The number of benzene rings is 1. The Morgan fingerprint density at radius 2 is 1.86 bits per heavy atom. The van der Waals surface area contributed by atoms with Gasteiger partial charge in [-0.2, -0.15) is 0 Å². The van der Waals surface area contributed by atoms with Crippen LogP contribution < -0.4 is 15.8 Å². The van der Waals surface area contributed by atoms with Crippen LogP contribution in [0.4, 0.5) is 0 Å². The zero-order valence-corrected chi connectivity index (χ0v) is 13.9. The van der Waals surface area contributed by atoms with Crippen LogP contribution in [-0.2, 0) is 4.79 Å². The highest BCUT2D eigenvalue weighted by atomic mass is 35.5. The largest absolute Gasteiger partial charge is 0.489 e. The molecule has 1 atom stereocenters. The number of para-hydroxylation sites is 1. The van der Waals surface area contributed by atoms with Gasteiger partial charge >= 0.3 is 0 Å². The van der Waals surface area contributed by atoms with E-state index in [2.05, 4.69) is 5.32 Å². The summed E-state index contributed by atoms with van der Waals surface area (Å²) < 4.78 is 5.73. The molecule has 0 heterocycles. The van der Waals surface area contributed by atoms with E-state index in [-0.39, 0.29) is 24.4 Å². The molecule has 1 aromatic rings. The maximum atomic E-state index is 12.3. The summed E-state index contributed by atoms with van der Waals surface area (Å²) in [5, 5.41) is 2.95. The molecule has 1 amide bonds. The molecule has 1 rings (SSSR count). The number of halogens is 1. The zero-order valence-electron chi connectivity index (χ0n) is 13.1. The van der Waals surface area contributed by atoms with Crippen molar-refractivity contribution in [3.8, 4) is 5.75 Å². The van der Waals surface area contributed by atoms with Gasteiger partial charge in [-0.05, 0) is 31.9 Å². The van der Waals surface area contributed by atoms with Gasteiger partial charge in [-0.3, -0.25) is 4.79 Å². The van der Waals surface area contributed by atoms with E-state index in [1.807, 2.05) is 51.1 Å². The first-order chi connectivity index (χ1) is 9.57. The van der Waals surface area contributed by atoms with E-state index in [1.165, 1.54) is 0 Å². The first-order valence-electron chi connectivity index (χ1n) is 7.28. The first kappa shape index (κ1) is 19.7. The van der Waals surface area contributed by atoms with E-state index >= 15 is 0 Å². The number of nitrogens with one attached hydrogen (secondary N) is 1. The molecule has 0 saturated heterocycles. The highest BCUT2D eigenvalue weighted by Crippen LogP contribution is 2.24. The van der Waals surface area contributed by atoms with Crippen molar-refractivity contribution in [2.24, 2.45) is 11.1 Å². The second-order valence-electron chi connectivity index (χ2n) is 5.14. The van der Waals surface area contributed by atoms with Gasteiger partial charge in [0.15, 0.2) is 0 Å². The molecule has 0 spiro atoms. The van der Waals surface area contributed by atoms with Crippen LogP contribution in [0.1, 0.15) is 33.6 Å². The Balaban J connectivity index is 0.00000400. The van der Waals surface area contributed by atoms with E-state index in [1.54, 1.807) is 0 Å². The Bertz CT molecular complexity index is 400. The Morgan fingerprint density at radius 3 is 2.33 bits per heavy atom. The van der Waals surface area contributed by atoms with Gasteiger partial charge in [-0.1, -0.05) is 32.0 Å². The van der Waals surface area contributed by atoms with Crippen LogP contribution in [0.3, 0.4) is 0 Å². The van der Waals surface area contributed by atoms with Crippen molar-refractivity contribution in [2.75, 3.05) is 13.1 Å². The van der Waals surface area contributed by atoms with E-state index < -0.39 is 5.41 Å². The minimum atomic E-state index is -0.452. The van der Waals surface area contributed by atoms with Crippen LogP contribution in [0.15, 0.2) is 30.3 Å². The molecule has 4 nitrogen and oxygen atoms in total. The molecule has 0 fully saturated rings. The number of amides is 1. The van der Waals surface area contributed by atoms with Crippen LogP contribution >= 0.6 is 12.4 Å². The standard InChI is InChI=1S/C16H26N2O2.ClH/c1-4-16(5-2,12-17)15(19)18-11-13(3)20-14-9-7-6-8-10-14;/h6-10,13H,4-5,11-12,17H2,1-3H3,(H,18,19);1H. The summed E-state index contributed by atoms with van der Waals surface area (Å²) in [5.74, 6) is 0.832. The van der Waals surface area contributed by atoms with Gasteiger partial charge in [-0.25, -0.2) is 0 Å². The van der Waals surface area contributed by atoms with Crippen LogP contribution in [0.25, 0.3) is 0 Å². The third-order valence-electron chi connectivity index (χ3n) is 3.86. The molecule has 0 bridgehead atoms. The summed E-state index contributed by atoms with van der Waals surface area (Å²) in [6.45, 7) is 6.80. The lowest BCUT2D eigenvalue weighted by molar-refractivity contribution is -0.131. The molecule has 5 heteroatoms. The smallest absolute Gasteiger partial charge is 0.227 e. The van der Waals surface area contributed by atoms with Crippen LogP contribution in [0, 0.1) is 5.41 Å². The van der Waals surface area contributed by atoms with Crippen molar-refractivity contribution in [1.82, 2.24) is 5.32 Å². The van der Waals surface area contributed by atoms with Gasteiger partial charge in [-0.15, -0.1) is 12.4 Å². The predicted octanol–water partition coefficient (Wildman–Crippen LogP) is 2.76. The lowest BCUT2D eigenvalue weighted by atomic mass is 9.81. The summed E-state index contributed by atoms with van der Waals surface area (Å²) in [6, 6.07) is 9.60. The van der Waals surface area contributed by atoms with Crippen molar-refractivity contribution in [3.05, 3.63) is 30.3 Å². The molecule has 21 heavy (non-hydrogen) atoms. The number of carbonyl (C=O) groups excluding carboxylic acids is 1. The normalized spacial score (nSPS) is 12.2. The molecule has 0 saturated carbocycles. The SMILES string of the molecule is CCC(CC)(CN)C(=O)NCC(C)Oc1ccccc1.Cl. The molecule has 3 N–H and O–H groups in total. The van der Waals surface area contributed by atoms with E-state index in [0.717, 1.165) is 18.6 Å². The molecular formula is C16H27ClN2O2. The fraction of sp³-hybridized carbons (Fsp3) is 0.562. The fourth-order valence-electron chi connectivity index (χ4n) is 2.15. The van der Waals surface area contributed by atoms with Crippen molar-refractivity contribution in [1.29, 1.82) is 0 Å². The van der Waals surface area contributed by atoms with Crippen LogP contribution in [0.2, 0.25) is 0 Å². The third-order valence-corrected chi connectivity index (χ3v) is 3.86. The monoisotopic (exact) mass is 314 g/mol. The third kappa shape index (κ3) is 5.56. The maximum Gasteiger partial charge on any atom is 0.227 e. The average Bonchev–Trinajstić information content (AvgIpc) is 2.48. The number of nitrogens with two attached hydrogens (primary N) is 1. The summed E-state index contributed by atoms with van der Waals surface area (Å²) in [7, 11) is 0. The van der Waals surface area contributed by atoms with Crippen LogP contribution in [-0.4, -0.2) is 25.1 Å². The van der Waals surface area contributed by atoms with Gasteiger partial charge in [0, 0.05) is 6.54 Å². The van der Waals surface area contributed by atoms with Crippen LogP contribution in [0.5, 0.6) is 5.75 Å². The second kappa shape index (κ2) is 9.64. The molecule has 0 aliphatic carbocycles. The lowest BCUT2D eigenvalue weighted by Crippen LogP contribution is -2.47. The van der Waals surface area contributed by atoms with Crippen molar-refractivity contribution in [3.63, 3.8) is 0 Å². The van der Waals surface area contributed by atoms with Gasteiger partial charge in [0.1, 0.15) is 11.9 Å². The molecule has 0 aliphatic rings. The van der Waals surface area contributed by atoms with Crippen molar-refractivity contribution < 1.29 is 9.53 Å². The predicted molar refractivity (Wildman–Crippen MR) is 88.9 cm³/mol. The van der Waals surface area contributed by atoms with Gasteiger partial charge in [0.25, 0.3) is 0 Å². The second-order valence-corrected chi connectivity index (χ2v) is 5.14. The summed E-state index contributed by atoms with van der Waals surface area (Å²) in [6.07, 6.45) is 1.42. The Hall–Kier alpha value is -1.26. The molecule has 0 aliphatic heterocycles. The van der Waals surface area contributed by atoms with Gasteiger partial charge < -0.3 is 15.8 Å². The number of carbonyl (C=O) groups is 1. The summed E-state index contributed by atoms with van der Waals surface area (Å²) >= 11 is 0. The first-order valence-corrected chi connectivity index (χ1v) is 7.28.